The average molecular weight is 322 g/mol. The van der Waals surface area contributed by atoms with Crippen LogP contribution in [0.4, 0.5) is 5.95 Å². The van der Waals surface area contributed by atoms with Crippen LogP contribution in [-0.2, 0) is 21.1 Å². The maximum atomic E-state index is 12.3. The minimum atomic E-state index is -0.367. The predicted molar refractivity (Wildman–Crippen MR) is 92.1 cm³/mol. The van der Waals surface area contributed by atoms with Crippen LogP contribution in [0.5, 0.6) is 0 Å². The van der Waals surface area contributed by atoms with E-state index in [2.05, 4.69) is 29.0 Å². The molecule has 8 nitrogen and oxygen atoms in total. The van der Waals surface area contributed by atoms with E-state index in [0.29, 0.717) is 17.1 Å². The maximum absolute atomic E-state index is 12.3. The van der Waals surface area contributed by atoms with Crippen molar-refractivity contribution in [2.24, 2.45) is 21.1 Å². The molecule has 0 aliphatic carbocycles. The zero-order valence-electron chi connectivity index (χ0n) is 14.6. The second-order valence-corrected chi connectivity index (χ2v) is 5.68. The third kappa shape index (κ3) is 3.17. The smallest absolute Gasteiger partial charge is 0.332 e. The van der Waals surface area contributed by atoms with Crippen LogP contribution < -0.4 is 16.6 Å². The van der Waals surface area contributed by atoms with Gasteiger partial charge in [0.2, 0.25) is 5.95 Å². The Morgan fingerprint density at radius 2 is 1.70 bits per heavy atom. The monoisotopic (exact) mass is 322 g/mol. The minimum Gasteiger partial charge on any atom is -0.356 e. The standard InChI is InChI=1S/C15H26N6O2/c1-6-21(7-2)10-8-9-16-14-17-12-11(18(14)3)13(22)20(5)15(23)19(12)4/h6-10H2,1-5H3,(H,16,17). The van der Waals surface area contributed by atoms with E-state index in [0.717, 1.165) is 37.2 Å². The summed E-state index contributed by atoms with van der Waals surface area (Å²) in [7, 11) is 4.89. The van der Waals surface area contributed by atoms with Crippen LogP contribution in [0, 0.1) is 0 Å². The fraction of sp³-hybridized carbons (Fsp3) is 0.667. The Hall–Kier alpha value is -2.09. The fourth-order valence-corrected chi connectivity index (χ4v) is 2.72. The highest BCUT2D eigenvalue weighted by Gasteiger charge is 2.16. The van der Waals surface area contributed by atoms with E-state index in [-0.39, 0.29) is 11.2 Å². The third-order valence-electron chi connectivity index (χ3n) is 4.30. The molecule has 0 fully saturated rings. The average Bonchev–Trinajstić information content (AvgIpc) is 2.88. The van der Waals surface area contributed by atoms with E-state index in [9.17, 15) is 9.59 Å². The molecule has 0 spiro atoms. The van der Waals surface area contributed by atoms with Crippen molar-refractivity contribution in [1.82, 2.24) is 23.6 Å². The van der Waals surface area contributed by atoms with Crippen molar-refractivity contribution in [3.05, 3.63) is 20.8 Å². The Balaban J connectivity index is 2.22. The largest absolute Gasteiger partial charge is 0.356 e. The molecular weight excluding hydrogens is 296 g/mol. The molecule has 1 N–H and O–H groups in total. The topological polar surface area (TPSA) is 77.1 Å². The van der Waals surface area contributed by atoms with Gasteiger partial charge in [0.15, 0.2) is 11.2 Å². The van der Waals surface area contributed by atoms with Gasteiger partial charge in [-0.3, -0.25) is 13.9 Å². The first kappa shape index (κ1) is 17.3. The van der Waals surface area contributed by atoms with Crippen molar-refractivity contribution in [3.63, 3.8) is 0 Å². The molecule has 0 aliphatic rings. The number of aromatic nitrogens is 4. The summed E-state index contributed by atoms with van der Waals surface area (Å²) in [5, 5.41) is 3.26. The number of anilines is 1. The maximum Gasteiger partial charge on any atom is 0.332 e. The van der Waals surface area contributed by atoms with Gasteiger partial charge in [-0.1, -0.05) is 13.8 Å². The van der Waals surface area contributed by atoms with Crippen LogP contribution in [0.1, 0.15) is 20.3 Å². The summed E-state index contributed by atoms with van der Waals surface area (Å²) < 4.78 is 4.22. The van der Waals surface area contributed by atoms with Crippen LogP contribution in [0.15, 0.2) is 9.59 Å². The fourth-order valence-electron chi connectivity index (χ4n) is 2.72. The molecule has 0 saturated carbocycles. The number of fused-ring (bicyclic) bond motifs is 1. The Labute approximate surface area is 135 Å². The summed E-state index contributed by atoms with van der Waals surface area (Å²) in [5.74, 6) is 0.609. The van der Waals surface area contributed by atoms with E-state index in [1.54, 1.807) is 18.7 Å². The van der Waals surface area contributed by atoms with Gasteiger partial charge in [-0.25, -0.2) is 4.79 Å². The molecule has 2 aromatic heterocycles. The molecule has 0 amide bonds. The van der Waals surface area contributed by atoms with E-state index >= 15 is 0 Å². The van der Waals surface area contributed by atoms with Crippen molar-refractivity contribution in [3.8, 4) is 0 Å². The number of hydrogen-bond donors (Lipinski definition) is 1. The van der Waals surface area contributed by atoms with Crippen LogP contribution in [-0.4, -0.2) is 49.8 Å². The molecule has 0 unspecified atom stereocenters. The van der Waals surface area contributed by atoms with E-state index in [1.165, 1.54) is 11.6 Å². The molecule has 2 rings (SSSR count). The molecule has 0 bridgehead atoms. The molecule has 128 valence electrons. The summed E-state index contributed by atoms with van der Waals surface area (Å²) in [5.41, 5.74) is 0.149. The summed E-state index contributed by atoms with van der Waals surface area (Å²) in [4.78, 5) is 31.0. The second-order valence-electron chi connectivity index (χ2n) is 5.68. The first-order valence-corrected chi connectivity index (χ1v) is 8.01. The molecule has 23 heavy (non-hydrogen) atoms. The van der Waals surface area contributed by atoms with E-state index in [1.807, 2.05) is 0 Å². The first-order chi connectivity index (χ1) is 10.9. The van der Waals surface area contributed by atoms with E-state index in [4.69, 9.17) is 0 Å². The highest BCUT2D eigenvalue weighted by atomic mass is 16.2. The van der Waals surface area contributed by atoms with Crippen molar-refractivity contribution in [2.45, 2.75) is 20.3 Å². The molecule has 2 aromatic rings. The molecule has 0 aromatic carbocycles. The molecule has 8 heteroatoms. The SMILES string of the molecule is CCN(CC)CCCNc1nc2c(c(=O)n(C)c(=O)n2C)n1C. The van der Waals surface area contributed by atoms with Gasteiger partial charge in [0.05, 0.1) is 0 Å². The van der Waals surface area contributed by atoms with E-state index < -0.39 is 0 Å². The highest BCUT2D eigenvalue weighted by Crippen LogP contribution is 2.12. The van der Waals surface area contributed by atoms with Crippen LogP contribution in [0.2, 0.25) is 0 Å². The number of imidazole rings is 1. The third-order valence-corrected chi connectivity index (χ3v) is 4.30. The minimum absolute atomic E-state index is 0.325. The lowest BCUT2D eigenvalue weighted by Gasteiger charge is -2.17. The highest BCUT2D eigenvalue weighted by molar-refractivity contribution is 5.74. The van der Waals surface area contributed by atoms with Crippen molar-refractivity contribution in [1.29, 1.82) is 0 Å². The van der Waals surface area contributed by atoms with Gasteiger partial charge in [0.25, 0.3) is 5.56 Å². The van der Waals surface area contributed by atoms with Gasteiger partial charge in [-0.15, -0.1) is 0 Å². The van der Waals surface area contributed by atoms with Gasteiger partial charge in [-0.05, 0) is 26.1 Å². The number of nitrogens with zero attached hydrogens (tertiary/aromatic N) is 5. The number of nitrogens with one attached hydrogen (secondary N) is 1. The van der Waals surface area contributed by atoms with Crippen molar-refractivity contribution >= 4 is 17.1 Å². The lowest BCUT2D eigenvalue weighted by atomic mass is 10.3. The molecule has 2 heterocycles. The normalized spacial score (nSPS) is 11.6. The number of rotatable bonds is 7. The second kappa shape index (κ2) is 6.99. The van der Waals surface area contributed by atoms with Gasteiger partial charge >= 0.3 is 5.69 Å². The quantitative estimate of drug-likeness (QED) is 0.733. The van der Waals surface area contributed by atoms with Gasteiger partial charge in [-0.2, -0.15) is 4.98 Å². The van der Waals surface area contributed by atoms with Gasteiger partial charge in [0, 0.05) is 27.7 Å². The number of hydrogen-bond acceptors (Lipinski definition) is 5. The summed E-state index contributed by atoms with van der Waals surface area (Å²) >= 11 is 0. The lowest BCUT2D eigenvalue weighted by Crippen LogP contribution is -2.37. The Morgan fingerprint density at radius 1 is 1.04 bits per heavy atom. The Bertz CT molecular complexity index is 797. The van der Waals surface area contributed by atoms with Crippen molar-refractivity contribution < 1.29 is 0 Å². The zero-order valence-corrected chi connectivity index (χ0v) is 14.6. The lowest BCUT2D eigenvalue weighted by molar-refractivity contribution is 0.303. The van der Waals surface area contributed by atoms with Crippen LogP contribution >= 0.6 is 0 Å². The molecular formula is C15H26N6O2. The summed E-state index contributed by atoms with van der Waals surface area (Å²) in [6.45, 7) is 8.17. The summed E-state index contributed by atoms with van der Waals surface area (Å²) in [6.07, 6.45) is 0.988. The number of aryl methyl sites for hydroxylation is 2. The Morgan fingerprint density at radius 3 is 2.30 bits per heavy atom. The first-order valence-electron chi connectivity index (χ1n) is 8.01. The molecule has 0 atom stereocenters. The predicted octanol–water partition coefficient (Wildman–Crippen LogP) is 0.115. The van der Waals surface area contributed by atoms with Gasteiger partial charge < -0.3 is 14.8 Å². The van der Waals surface area contributed by atoms with Crippen LogP contribution in [0.25, 0.3) is 11.2 Å². The zero-order chi connectivity index (χ0) is 17.1. The van der Waals surface area contributed by atoms with Crippen molar-refractivity contribution in [2.75, 3.05) is 31.5 Å². The Kier molecular flexibility index (Phi) is 5.25. The van der Waals surface area contributed by atoms with Crippen LogP contribution in [0.3, 0.4) is 0 Å². The molecule has 0 radical (unpaired) electrons. The molecule has 0 aliphatic heterocycles. The summed E-state index contributed by atoms with van der Waals surface area (Å²) in [6, 6.07) is 0. The van der Waals surface area contributed by atoms with Gasteiger partial charge in [0.1, 0.15) is 0 Å². The molecule has 0 saturated heterocycles.